The number of benzene rings is 1. The SMILES string of the molecule is COC(=O)N1CCCC1C(=O)NCc1ccc(S(N)(=O)=O)cc1. The molecular weight excluding hydrogens is 322 g/mol. The van der Waals surface area contributed by atoms with Crippen LogP contribution in [-0.4, -0.2) is 45.0 Å². The first-order valence-corrected chi connectivity index (χ1v) is 8.61. The summed E-state index contributed by atoms with van der Waals surface area (Å²) < 4.78 is 27.0. The summed E-state index contributed by atoms with van der Waals surface area (Å²) in [5.41, 5.74) is 0.730. The second kappa shape index (κ2) is 6.97. The normalized spacial score (nSPS) is 17.8. The van der Waals surface area contributed by atoms with Gasteiger partial charge >= 0.3 is 6.09 Å². The highest BCUT2D eigenvalue weighted by molar-refractivity contribution is 7.89. The molecule has 0 saturated carbocycles. The van der Waals surface area contributed by atoms with Crippen LogP contribution >= 0.6 is 0 Å². The zero-order valence-corrected chi connectivity index (χ0v) is 13.5. The molecule has 2 amide bonds. The van der Waals surface area contributed by atoms with Crippen molar-refractivity contribution in [2.75, 3.05) is 13.7 Å². The molecule has 1 aliphatic rings. The number of primary sulfonamides is 1. The lowest BCUT2D eigenvalue weighted by Gasteiger charge is -2.22. The quantitative estimate of drug-likeness (QED) is 0.810. The Morgan fingerprint density at radius 1 is 1.35 bits per heavy atom. The summed E-state index contributed by atoms with van der Waals surface area (Å²) in [6.07, 6.45) is 0.821. The van der Waals surface area contributed by atoms with Crippen molar-refractivity contribution in [3.8, 4) is 0 Å². The van der Waals surface area contributed by atoms with Gasteiger partial charge in [-0.25, -0.2) is 18.4 Å². The summed E-state index contributed by atoms with van der Waals surface area (Å²) >= 11 is 0. The lowest BCUT2D eigenvalue weighted by Crippen LogP contribution is -2.45. The molecule has 23 heavy (non-hydrogen) atoms. The van der Waals surface area contributed by atoms with E-state index in [-0.39, 0.29) is 17.3 Å². The Kier molecular flexibility index (Phi) is 5.22. The Hall–Kier alpha value is -2.13. The summed E-state index contributed by atoms with van der Waals surface area (Å²) in [6, 6.07) is 5.38. The number of hydrogen-bond acceptors (Lipinski definition) is 5. The zero-order valence-electron chi connectivity index (χ0n) is 12.7. The predicted molar refractivity (Wildman–Crippen MR) is 81.8 cm³/mol. The molecule has 0 bridgehead atoms. The molecule has 1 saturated heterocycles. The fourth-order valence-electron chi connectivity index (χ4n) is 2.48. The van der Waals surface area contributed by atoms with Crippen LogP contribution in [0.4, 0.5) is 4.79 Å². The largest absolute Gasteiger partial charge is 0.453 e. The Balaban J connectivity index is 1.95. The number of nitrogens with one attached hydrogen (secondary N) is 1. The topological polar surface area (TPSA) is 119 Å². The van der Waals surface area contributed by atoms with Crippen LogP contribution in [0.2, 0.25) is 0 Å². The Morgan fingerprint density at radius 3 is 2.57 bits per heavy atom. The van der Waals surface area contributed by atoms with Crippen LogP contribution in [-0.2, 0) is 26.1 Å². The highest BCUT2D eigenvalue weighted by Gasteiger charge is 2.34. The van der Waals surface area contributed by atoms with Crippen molar-refractivity contribution in [1.82, 2.24) is 10.2 Å². The van der Waals surface area contributed by atoms with Gasteiger partial charge in [-0.2, -0.15) is 0 Å². The van der Waals surface area contributed by atoms with Crippen LogP contribution in [0, 0.1) is 0 Å². The fourth-order valence-corrected chi connectivity index (χ4v) is 2.99. The molecule has 0 aliphatic carbocycles. The van der Waals surface area contributed by atoms with Crippen LogP contribution in [0.15, 0.2) is 29.2 Å². The van der Waals surface area contributed by atoms with Gasteiger partial charge in [0.25, 0.3) is 0 Å². The number of methoxy groups -OCH3 is 1. The molecule has 0 aromatic heterocycles. The molecule has 1 fully saturated rings. The van der Waals surface area contributed by atoms with Crippen molar-refractivity contribution in [3.63, 3.8) is 0 Å². The van der Waals surface area contributed by atoms with Gasteiger partial charge in [0.1, 0.15) is 6.04 Å². The number of rotatable bonds is 4. The first-order valence-electron chi connectivity index (χ1n) is 7.07. The molecule has 3 N–H and O–H groups in total. The van der Waals surface area contributed by atoms with E-state index in [1.54, 1.807) is 12.1 Å². The number of nitrogens with zero attached hydrogens (tertiary/aromatic N) is 1. The van der Waals surface area contributed by atoms with Crippen LogP contribution in [0.1, 0.15) is 18.4 Å². The highest BCUT2D eigenvalue weighted by Crippen LogP contribution is 2.18. The molecule has 2 rings (SSSR count). The average Bonchev–Trinajstić information content (AvgIpc) is 3.01. The minimum Gasteiger partial charge on any atom is -0.453 e. The number of ether oxygens (including phenoxy) is 1. The van der Waals surface area contributed by atoms with Gasteiger partial charge < -0.3 is 10.1 Å². The second-order valence-corrected chi connectivity index (χ2v) is 6.79. The van der Waals surface area contributed by atoms with E-state index in [1.165, 1.54) is 24.1 Å². The molecule has 0 spiro atoms. The van der Waals surface area contributed by atoms with E-state index in [4.69, 9.17) is 5.14 Å². The average molecular weight is 341 g/mol. The van der Waals surface area contributed by atoms with Gasteiger partial charge in [-0.15, -0.1) is 0 Å². The molecule has 8 nitrogen and oxygen atoms in total. The van der Waals surface area contributed by atoms with Gasteiger partial charge in [-0.1, -0.05) is 12.1 Å². The molecule has 1 atom stereocenters. The third-order valence-corrected chi connectivity index (χ3v) is 4.61. The molecule has 1 unspecified atom stereocenters. The molecule has 126 valence electrons. The monoisotopic (exact) mass is 341 g/mol. The smallest absolute Gasteiger partial charge is 0.410 e. The molecule has 0 radical (unpaired) electrons. The summed E-state index contributed by atoms with van der Waals surface area (Å²) in [6.45, 7) is 0.725. The Morgan fingerprint density at radius 2 is 2.00 bits per heavy atom. The highest BCUT2D eigenvalue weighted by atomic mass is 32.2. The number of amides is 2. The third-order valence-electron chi connectivity index (χ3n) is 3.68. The minimum atomic E-state index is -3.73. The Labute approximate surface area is 134 Å². The summed E-state index contributed by atoms with van der Waals surface area (Å²) in [5, 5.41) is 7.76. The maximum atomic E-state index is 12.2. The first-order chi connectivity index (χ1) is 10.8. The van der Waals surface area contributed by atoms with E-state index < -0.39 is 22.2 Å². The van der Waals surface area contributed by atoms with Crippen LogP contribution in [0.5, 0.6) is 0 Å². The van der Waals surface area contributed by atoms with Crippen LogP contribution in [0.3, 0.4) is 0 Å². The standard InChI is InChI=1S/C14H19N3O5S/c1-22-14(19)17-8-2-3-12(17)13(18)16-9-10-4-6-11(7-5-10)23(15,20)21/h4-7,12H,2-3,8-9H2,1H3,(H,16,18)(H2,15,20,21). The van der Waals surface area contributed by atoms with Crippen molar-refractivity contribution in [2.45, 2.75) is 30.3 Å². The van der Waals surface area contributed by atoms with Gasteiger partial charge in [-0.05, 0) is 30.5 Å². The van der Waals surface area contributed by atoms with E-state index in [0.717, 1.165) is 12.0 Å². The number of likely N-dealkylation sites (tertiary alicyclic amines) is 1. The van der Waals surface area contributed by atoms with Gasteiger partial charge in [0.05, 0.1) is 12.0 Å². The van der Waals surface area contributed by atoms with Crippen molar-refractivity contribution in [2.24, 2.45) is 5.14 Å². The minimum absolute atomic E-state index is 0.0141. The molecule has 1 aromatic carbocycles. The van der Waals surface area contributed by atoms with E-state index in [2.05, 4.69) is 10.1 Å². The number of hydrogen-bond donors (Lipinski definition) is 2. The number of carbonyl (C=O) groups is 2. The number of sulfonamides is 1. The summed E-state index contributed by atoms with van der Waals surface area (Å²) in [7, 11) is -2.45. The lowest BCUT2D eigenvalue weighted by molar-refractivity contribution is -0.125. The van der Waals surface area contributed by atoms with Gasteiger partial charge in [0, 0.05) is 13.1 Å². The predicted octanol–water partition coefficient (Wildman–Crippen LogP) is 0.181. The van der Waals surface area contributed by atoms with E-state index in [0.29, 0.717) is 13.0 Å². The first kappa shape index (κ1) is 17.2. The van der Waals surface area contributed by atoms with Gasteiger partial charge in [0.15, 0.2) is 0 Å². The lowest BCUT2D eigenvalue weighted by atomic mass is 10.2. The van der Waals surface area contributed by atoms with Crippen molar-refractivity contribution in [3.05, 3.63) is 29.8 Å². The fraction of sp³-hybridized carbons (Fsp3) is 0.429. The van der Waals surface area contributed by atoms with E-state index in [9.17, 15) is 18.0 Å². The number of nitrogens with two attached hydrogens (primary N) is 1. The van der Waals surface area contributed by atoms with Gasteiger partial charge in [0.2, 0.25) is 15.9 Å². The zero-order chi connectivity index (χ0) is 17.0. The van der Waals surface area contributed by atoms with Crippen molar-refractivity contribution >= 4 is 22.0 Å². The Bertz CT molecular complexity index is 687. The molecular formula is C14H19N3O5S. The van der Waals surface area contributed by atoms with Crippen LogP contribution < -0.4 is 10.5 Å². The number of carbonyl (C=O) groups excluding carboxylic acids is 2. The van der Waals surface area contributed by atoms with Gasteiger partial charge in [-0.3, -0.25) is 9.69 Å². The van der Waals surface area contributed by atoms with Crippen LogP contribution in [0.25, 0.3) is 0 Å². The molecule has 9 heteroatoms. The molecule has 1 aliphatic heterocycles. The second-order valence-electron chi connectivity index (χ2n) is 5.23. The molecule has 1 heterocycles. The maximum absolute atomic E-state index is 12.2. The van der Waals surface area contributed by atoms with Crippen molar-refractivity contribution in [1.29, 1.82) is 0 Å². The third kappa shape index (κ3) is 4.20. The van der Waals surface area contributed by atoms with Crippen molar-refractivity contribution < 1.29 is 22.7 Å². The van der Waals surface area contributed by atoms with E-state index in [1.807, 2.05) is 0 Å². The maximum Gasteiger partial charge on any atom is 0.410 e. The molecule has 1 aromatic rings. The van der Waals surface area contributed by atoms with E-state index >= 15 is 0 Å². The summed E-state index contributed by atoms with van der Waals surface area (Å²) in [4.78, 5) is 25.2. The summed E-state index contributed by atoms with van der Waals surface area (Å²) in [5.74, 6) is -0.261.